The highest BCUT2D eigenvalue weighted by Crippen LogP contribution is 2.41. The largest absolute Gasteiger partial charge is 0.302 e. The average Bonchev–Trinajstić information content (AvgIpc) is 3.24. The third kappa shape index (κ3) is 2.82. The Kier molecular flexibility index (Phi) is 3.74. The lowest BCUT2D eigenvalue weighted by molar-refractivity contribution is -0.387. The van der Waals surface area contributed by atoms with Crippen LogP contribution >= 0.6 is 11.8 Å². The monoisotopic (exact) mass is 302 g/mol. The smallest absolute Gasteiger partial charge is 0.283 e. The lowest BCUT2D eigenvalue weighted by Crippen LogP contribution is -2.02. The third-order valence-electron chi connectivity index (χ3n) is 3.26. The molecular formula is C14H14N4O2S. The summed E-state index contributed by atoms with van der Waals surface area (Å²) in [6, 6.07) is 6.67. The second kappa shape index (κ2) is 5.69. The molecular weight excluding hydrogens is 288 g/mol. The first kappa shape index (κ1) is 13.8. The molecule has 0 amide bonds. The van der Waals surface area contributed by atoms with Crippen molar-refractivity contribution >= 4 is 17.4 Å². The van der Waals surface area contributed by atoms with Gasteiger partial charge in [0, 0.05) is 18.5 Å². The van der Waals surface area contributed by atoms with Crippen LogP contribution in [0.4, 0.5) is 5.69 Å². The van der Waals surface area contributed by atoms with E-state index in [1.807, 2.05) is 4.57 Å². The number of hydrogen-bond acceptors (Lipinski definition) is 5. The molecule has 21 heavy (non-hydrogen) atoms. The van der Waals surface area contributed by atoms with Crippen molar-refractivity contribution in [1.82, 2.24) is 14.8 Å². The summed E-state index contributed by atoms with van der Waals surface area (Å²) >= 11 is 1.28. The molecule has 0 unspecified atom stereocenters. The van der Waals surface area contributed by atoms with Crippen molar-refractivity contribution in [2.24, 2.45) is 0 Å². The number of benzene rings is 1. The lowest BCUT2D eigenvalue weighted by atomic mass is 10.3. The first-order chi connectivity index (χ1) is 10.2. The molecule has 7 heteroatoms. The zero-order chi connectivity index (χ0) is 14.8. The molecule has 1 saturated carbocycles. The molecule has 0 saturated heterocycles. The average molecular weight is 302 g/mol. The Morgan fingerprint density at radius 3 is 2.86 bits per heavy atom. The summed E-state index contributed by atoms with van der Waals surface area (Å²) < 4.78 is 1.99. The first-order valence-electron chi connectivity index (χ1n) is 6.66. The summed E-state index contributed by atoms with van der Waals surface area (Å²) in [7, 11) is 0. The van der Waals surface area contributed by atoms with Gasteiger partial charge in [-0.3, -0.25) is 10.1 Å². The molecule has 0 radical (unpaired) electrons. The number of allylic oxidation sites excluding steroid dienone is 1. The normalized spacial score (nSPS) is 14.1. The maximum atomic E-state index is 11.1. The van der Waals surface area contributed by atoms with Crippen LogP contribution in [0.1, 0.15) is 24.6 Å². The van der Waals surface area contributed by atoms with Crippen LogP contribution in [-0.4, -0.2) is 19.7 Å². The molecule has 1 fully saturated rings. The molecule has 1 aromatic heterocycles. The summed E-state index contributed by atoms with van der Waals surface area (Å²) in [5, 5.41) is 20.2. The number of para-hydroxylation sites is 1. The van der Waals surface area contributed by atoms with Gasteiger partial charge in [-0.1, -0.05) is 18.2 Å². The zero-order valence-corrected chi connectivity index (χ0v) is 12.1. The van der Waals surface area contributed by atoms with Gasteiger partial charge in [0.2, 0.25) is 0 Å². The number of aromatic nitrogens is 3. The Morgan fingerprint density at radius 2 is 2.19 bits per heavy atom. The number of nitrogens with zero attached hydrogens (tertiary/aromatic N) is 4. The van der Waals surface area contributed by atoms with Crippen LogP contribution in [0.15, 0.2) is 47.0 Å². The van der Waals surface area contributed by atoms with Gasteiger partial charge in [-0.2, -0.15) is 0 Å². The van der Waals surface area contributed by atoms with Crippen molar-refractivity contribution in [2.75, 3.05) is 0 Å². The number of nitro benzene ring substituents is 1. The van der Waals surface area contributed by atoms with Crippen molar-refractivity contribution in [3.8, 4) is 0 Å². The minimum absolute atomic E-state index is 0.0867. The highest BCUT2D eigenvalue weighted by atomic mass is 32.2. The Balaban J connectivity index is 1.95. The Hall–Kier alpha value is -2.15. The van der Waals surface area contributed by atoms with Gasteiger partial charge in [-0.25, -0.2) is 0 Å². The standard InChI is InChI=1S/C14H14N4O2S/c1-2-9-17-13(10-7-8-10)15-16-14(17)21-12-6-4-3-5-11(12)18(19)20/h2-6,10H,1,7-9H2. The third-order valence-corrected chi connectivity index (χ3v) is 4.31. The zero-order valence-electron chi connectivity index (χ0n) is 11.3. The predicted molar refractivity (Wildman–Crippen MR) is 79.4 cm³/mol. The molecule has 0 atom stereocenters. The minimum Gasteiger partial charge on any atom is -0.302 e. The van der Waals surface area contributed by atoms with Gasteiger partial charge in [0.1, 0.15) is 5.82 Å². The Morgan fingerprint density at radius 1 is 1.43 bits per heavy atom. The van der Waals surface area contributed by atoms with Crippen LogP contribution in [-0.2, 0) is 6.54 Å². The van der Waals surface area contributed by atoms with E-state index in [0.717, 1.165) is 18.7 Å². The molecule has 6 nitrogen and oxygen atoms in total. The van der Waals surface area contributed by atoms with Crippen molar-refractivity contribution in [3.05, 3.63) is 52.9 Å². The molecule has 1 aliphatic rings. The van der Waals surface area contributed by atoms with Gasteiger partial charge >= 0.3 is 0 Å². The van der Waals surface area contributed by atoms with Crippen LogP contribution in [0, 0.1) is 10.1 Å². The van der Waals surface area contributed by atoms with Crippen molar-refractivity contribution in [1.29, 1.82) is 0 Å². The van der Waals surface area contributed by atoms with Crippen LogP contribution < -0.4 is 0 Å². The van der Waals surface area contributed by atoms with Crippen LogP contribution in [0.25, 0.3) is 0 Å². The second-order valence-corrected chi connectivity index (χ2v) is 5.85. The molecule has 0 bridgehead atoms. The highest BCUT2D eigenvalue weighted by Gasteiger charge is 2.30. The molecule has 1 aliphatic carbocycles. The van der Waals surface area contributed by atoms with Gasteiger partial charge in [-0.15, -0.1) is 16.8 Å². The summed E-state index contributed by atoms with van der Waals surface area (Å²) in [5.74, 6) is 1.42. The van der Waals surface area contributed by atoms with E-state index in [1.54, 1.807) is 24.3 Å². The predicted octanol–water partition coefficient (Wildman–Crippen LogP) is 3.40. The van der Waals surface area contributed by atoms with Gasteiger partial charge in [0.05, 0.1) is 9.82 Å². The minimum atomic E-state index is -0.377. The van der Waals surface area contributed by atoms with Gasteiger partial charge in [-0.05, 0) is 30.7 Å². The number of rotatable bonds is 6. The van der Waals surface area contributed by atoms with Crippen molar-refractivity contribution in [2.45, 2.75) is 35.4 Å². The Labute approximate surface area is 126 Å². The van der Waals surface area contributed by atoms with E-state index in [-0.39, 0.29) is 10.6 Å². The topological polar surface area (TPSA) is 73.8 Å². The van der Waals surface area contributed by atoms with E-state index in [1.165, 1.54) is 17.8 Å². The maximum Gasteiger partial charge on any atom is 0.283 e. The summed E-state index contributed by atoms with van der Waals surface area (Å²) in [5.41, 5.74) is 0.0867. The van der Waals surface area contributed by atoms with Gasteiger partial charge in [0.15, 0.2) is 5.16 Å². The summed E-state index contributed by atoms with van der Waals surface area (Å²) in [6.45, 7) is 4.37. The van der Waals surface area contributed by atoms with E-state index in [2.05, 4.69) is 16.8 Å². The first-order valence-corrected chi connectivity index (χ1v) is 7.47. The molecule has 2 aromatic rings. The fourth-order valence-corrected chi connectivity index (χ4v) is 3.06. The molecule has 1 heterocycles. The van der Waals surface area contributed by atoms with Crippen LogP contribution in [0.2, 0.25) is 0 Å². The highest BCUT2D eigenvalue weighted by molar-refractivity contribution is 7.99. The summed E-state index contributed by atoms with van der Waals surface area (Å²) in [6.07, 6.45) is 4.05. The van der Waals surface area contributed by atoms with Crippen molar-refractivity contribution < 1.29 is 4.92 Å². The van der Waals surface area contributed by atoms with Gasteiger partial charge < -0.3 is 4.57 Å². The van der Waals surface area contributed by atoms with E-state index in [0.29, 0.717) is 22.5 Å². The van der Waals surface area contributed by atoms with E-state index >= 15 is 0 Å². The fourth-order valence-electron chi connectivity index (χ4n) is 2.11. The molecule has 0 spiro atoms. The molecule has 1 aromatic carbocycles. The van der Waals surface area contributed by atoms with Crippen LogP contribution in [0.5, 0.6) is 0 Å². The quantitative estimate of drug-likeness (QED) is 0.464. The van der Waals surface area contributed by atoms with Gasteiger partial charge in [0.25, 0.3) is 5.69 Å². The number of hydrogen-bond donors (Lipinski definition) is 0. The summed E-state index contributed by atoms with van der Waals surface area (Å²) in [4.78, 5) is 11.3. The molecule has 0 N–H and O–H groups in total. The molecule has 108 valence electrons. The van der Waals surface area contributed by atoms with E-state index < -0.39 is 0 Å². The SMILES string of the molecule is C=CCn1c(Sc2ccccc2[N+](=O)[O-])nnc1C1CC1. The lowest BCUT2D eigenvalue weighted by Gasteiger charge is -2.07. The van der Waals surface area contributed by atoms with Crippen molar-refractivity contribution in [3.63, 3.8) is 0 Å². The second-order valence-electron chi connectivity index (χ2n) is 4.84. The molecule has 3 rings (SSSR count). The Bertz CT molecular complexity index is 694. The maximum absolute atomic E-state index is 11.1. The van der Waals surface area contributed by atoms with Crippen LogP contribution in [0.3, 0.4) is 0 Å². The fraction of sp³-hybridized carbons (Fsp3) is 0.286. The molecule has 0 aliphatic heterocycles. The number of nitro groups is 1. The van der Waals surface area contributed by atoms with E-state index in [4.69, 9.17) is 0 Å². The van der Waals surface area contributed by atoms with E-state index in [9.17, 15) is 10.1 Å².